The molecule has 2 aliphatic heterocycles. The maximum absolute atomic E-state index is 12.8. The van der Waals surface area contributed by atoms with Crippen molar-refractivity contribution in [2.75, 3.05) is 39.4 Å². The SMILES string of the molecule is CC(C)(C)OC(=O)N1CCOC(COC(=O)N2CCC(c3nc(-c4ccc5c(c4)C(C)(C)CCC5(C)C)cs3)CC2)C1. The summed E-state index contributed by atoms with van der Waals surface area (Å²) < 4.78 is 16.8. The number of rotatable bonds is 4. The molecule has 9 heteroatoms. The van der Waals surface area contributed by atoms with Gasteiger partial charge in [-0.2, -0.15) is 0 Å². The first kappa shape index (κ1) is 30.8. The van der Waals surface area contributed by atoms with Gasteiger partial charge in [0.1, 0.15) is 18.3 Å². The lowest BCUT2D eigenvalue weighted by Crippen LogP contribution is -2.49. The summed E-state index contributed by atoms with van der Waals surface area (Å²) in [7, 11) is 0. The van der Waals surface area contributed by atoms with E-state index in [2.05, 4.69) is 51.3 Å². The van der Waals surface area contributed by atoms with Crippen molar-refractivity contribution in [2.45, 2.75) is 103 Å². The molecular formula is C33H47N3O5S. The van der Waals surface area contributed by atoms with Gasteiger partial charge in [0.05, 0.1) is 23.9 Å². The molecule has 3 aliphatic rings. The smallest absolute Gasteiger partial charge is 0.410 e. The van der Waals surface area contributed by atoms with Gasteiger partial charge in [-0.15, -0.1) is 11.3 Å². The van der Waals surface area contributed by atoms with Crippen LogP contribution >= 0.6 is 11.3 Å². The van der Waals surface area contributed by atoms with Crippen LogP contribution in [0, 0.1) is 0 Å². The van der Waals surface area contributed by atoms with Crippen LogP contribution in [0.15, 0.2) is 23.6 Å². The molecule has 2 fully saturated rings. The third-order valence-corrected chi connectivity index (χ3v) is 9.96. The van der Waals surface area contributed by atoms with Gasteiger partial charge in [-0.3, -0.25) is 0 Å². The van der Waals surface area contributed by atoms with Crippen LogP contribution in [0.25, 0.3) is 11.3 Å². The molecule has 2 amide bonds. The molecule has 1 unspecified atom stereocenters. The third kappa shape index (κ3) is 6.94. The minimum Gasteiger partial charge on any atom is -0.447 e. The number of carbonyl (C=O) groups excluding carboxylic acids is 2. The summed E-state index contributed by atoms with van der Waals surface area (Å²) in [5.74, 6) is 0.338. The van der Waals surface area contributed by atoms with E-state index < -0.39 is 5.60 Å². The first-order chi connectivity index (χ1) is 19.7. The number of hydrogen-bond acceptors (Lipinski definition) is 7. The van der Waals surface area contributed by atoms with E-state index in [0.29, 0.717) is 38.7 Å². The molecule has 8 nitrogen and oxygen atoms in total. The summed E-state index contributed by atoms with van der Waals surface area (Å²) in [5.41, 5.74) is 4.97. The van der Waals surface area contributed by atoms with Gasteiger partial charge in [-0.1, -0.05) is 39.8 Å². The number of fused-ring (bicyclic) bond motifs is 1. The normalized spacial score (nSPS) is 22.4. The fraction of sp³-hybridized carbons (Fsp3) is 0.667. The zero-order valence-electron chi connectivity index (χ0n) is 26.3. The topological polar surface area (TPSA) is 81.2 Å². The number of likely N-dealkylation sites (tertiary alicyclic amines) is 1. The second-order valence-corrected chi connectivity index (χ2v) is 15.2. The Labute approximate surface area is 254 Å². The second-order valence-electron chi connectivity index (χ2n) is 14.4. The Morgan fingerprint density at radius 1 is 1.00 bits per heavy atom. The van der Waals surface area contributed by atoms with Crippen molar-refractivity contribution in [2.24, 2.45) is 0 Å². The highest BCUT2D eigenvalue weighted by atomic mass is 32.1. The van der Waals surface area contributed by atoms with E-state index in [4.69, 9.17) is 19.2 Å². The number of amides is 2. The number of nitrogens with zero attached hydrogens (tertiary/aromatic N) is 3. The van der Waals surface area contributed by atoms with E-state index >= 15 is 0 Å². The number of ether oxygens (including phenoxy) is 3. The van der Waals surface area contributed by atoms with Crippen LogP contribution in [0.2, 0.25) is 0 Å². The van der Waals surface area contributed by atoms with Crippen molar-refractivity contribution < 1.29 is 23.8 Å². The number of aromatic nitrogens is 1. The van der Waals surface area contributed by atoms with Crippen LogP contribution in [-0.4, -0.2) is 78.1 Å². The largest absolute Gasteiger partial charge is 0.447 e. The Balaban J connectivity index is 1.13. The summed E-state index contributed by atoms with van der Waals surface area (Å²) in [6.45, 7) is 17.5. The minimum absolute atomic E-state index is 0.114. The molecule has 0 N–H and O–H groups in total. The molecule has 5 rings (SSSR count). The molecule has 2 aromatic rings. The number of piperidine rings is 1. The van der Waals surface area contributed by atoms with Gasteiger partial charge >= 0.3 is 12.2 Å². The van der Waals surface area contributed by atoms with Crippen LogP contribution in [0.5, 0.6) is 0 Å². The van der Waals surface area contributed by atoms with E-state index in [0.717, 1.165) is 23.5 Å². The highest BCUT2D eigenvalue weighted by Crippen LogP contribution is 2.47. The molecule has 0 saturated carbocycles. The van der Waals surface area contributed by atoms with Crippen molar-refractivity contribution >= 4 is 23.5 Å². The van der Waals surface area contributed by atoms with Crippen molar-refractivity contribution in [1.82, 2.24) is 14.8 Å². The first-order valence-corrected chi connectivity index (χ1v) is 16.2. The first-order valence-electron chi connectivity index (χ1n) is 15.3. The number of hydrogen-bond donors (Lipinski definition) is 0. The maximum Gasteiger partial charge on any atom is 0.410 e. The van der Waals surface area contributed by atoms with Crippen LogP contribution in [0.3, 0.4) is 0 Å². The Morgan fingerprint density at radius 2 is 1.69 bits per heavy atom. The standard InChI is InChI=1S/C33H47N3O5S/c1-31(2,3)41-30(38)36-16-17-39-24(19-36)20-40-29(37)35-14-10-22(11-15-35)28-34-27(21-42-28)23-8-9-25-26(18-23)33(6,7)13-12-32(25,4)5/h8-9,18,21-22,24H,10-17,19-20H2,1-7H3. The Kier molecular flexibility index (Phi) is 8.65. The molecule has 1 aromatic heterocycles. The number of thiazole rings is 1. The summed E-state index contributed by atoms with van der Waals surface area (Å²) in [6.07, 6.45) is 3.07. The average Bonchev–Trinajstić information content (AvgIpc) is 3.44. The zero-order valence-corrected chi connectivity index (χ0v) is 27.1. The number of morpholine rings is 1. The monoisotopic (exact) mass is 597 g/mol. The van der Waals surface area contributed by atoms with E-state index in [1.165, 1.54) is 29.5 Å². The lowest BCUT2D eigenvalue weighted by atomic mass is 9.63. The molecule has 0 bridgehead atoms. The van der Waals surface area contributed by atoms with Gasteiger partial charge in [0.2, 0.25) is 0 Å². The van der Waals surface area contributed by atoms with Crippen LogP contribution in [0.1, 0.15) is 96.2 Å². The summed E-state index contributed by atoms with van der Waals surface area (Å²) in [6, 6.07) is 6.93. The Bertz CT molecular complexity index is 1290. The molecule has 0 spiro atoms. The van der Waals surface area contributed by atoms with Gasteiger partial charge in [0.15, 0.2) is 0 Å². The van der Waals surface area contributed by atoms with Crippen LogP contribution in [-0.2, 0) is 25.0 Å². The predicted molar refractivity (Wildman–Crippen MR) is 165 cm³/mol. The van der Waals surface area contributed by atoms with Crippen molar-refractivity contribution in [1.29, 1.82) is 0 Å². The molecule has 230 valence electrons. The highest BCUT2D eigenvalue weighted by Gasteiger charge is 2.37. The maximum atomic E-state index is 12.8. The predicted octanol–water partition coefficient (Wildman–Crippen LogP) is 7.11. The number of benzene rings is 1. The van der Waals surface area contributed by atoms with Gasteiger partial charge in [0, 0.05) is 36.5 Å². The molecule has 2 saturated heterocycles. The van der Waals surface area contributed by atoms with E-state index in [-0.39, 0.29) is 35.7 Å². The second kappa shape index (κ2) is 11.8. The van der Waals surface area contributed by atoms with Crippen molar-refractivity contribution in [3.63, 3.8) is 0 Å². The Morgan fingerprint density at radius 3 is 2.38 bits per heavy atom. The lowest BCUT2D eigenvalue weighted by Gasteiger charge is -2.42. The fourth-order valence-corrected chi connectivity index (χ4v) is 7.23. The van der Waals surface area contributed by atoms with Crippen molar-refractivity contribution in [3.8, 4) is 11.3 Å². The fourth-order valence-electron chi connectivity index (χ4n) is 6.23. The van der Waals surface area contributed by atoms with Gasteiger partial charge < -0.3 is 24.0 Å². The van der Waals surface area contributed by atoms with E-state index in [9.17, 15) is 9.59 Å². The molecule has 0 radical (unpaired) electrons. The minimum atomic E-state index is -0.556. The van der Waals surface area contributed by atoms with E-state index in [1.54, 1.807) is 21.1 Å². The third-order valence-electron chi connectivity index (χ3n) is 8.96. The van der Waals surface area contributed by atoms with Crippen molar-refractivity contribution in [3.05, 3.63) is 39.7 Å². The zero-order chi connectivity index (χ0) is 30.3. The molecule has 1 aliphatic carbocycles. The van der Waals surface area contributed by atoms with Gasteiger partial charge in [0.25, 0.3) is 0 Å². The molecule has 1 aromatic carbocycles. The average molecular weight is 598 g/mol. The number of carbonyl (C=O) groups is 2. The summed E-state index contributed by atoms with van der Waals surface area (Å²) in [5, 5.41) is 3.33. The van der Waals surface area contributed by atoms with Crippen LogP contribution in [0.4, 0.5) is 9.59 Å². The molecule has 3 heterocycles. The quantitative estimate of drug-likeness (QED) is 0.374. The lowest BCUT2D eigenvalue weighted by molar-refractivity contribution is -0.0641. The summed E-state index contributed by atoms with van der Waals surface area (Å²) in [4.78, 5) is 33.7. The summed E-state index contributed by atoms with van der Waals surface area (Å²) >= 11 is 1.73. The molecule has 42 heavy (non-hydrogen) atoms. The Hall–Kier alpha value is -2.65. The van der Waals surface area contributed by atoms with Gasteiger partial charge in [-0.05, 0) is 74.5 Å². The van der Waals surface area contributed by atoms with Crippen LogP contribution < -0.4 is 0 Å². The molecular weight excluding hydrogens is 550 g/mol. The van der Waals surface area contributed by atoms with Gasteiger partial charge in [-0.25, -0.2) is 14.6 Å². The van der Waals surface area contributed by atoms with E-state index in [1.807, 2.05) is 20.8 Å². The highest BCUT2D eigenvalue weighted by molar-refractivity contribution is 7.10. The molecule has 1 atom stereocenters.